The number of carbonyl (C=O) groups is 1. The molecule has 0 unspecified atom stereocenters. The first kappa shape index (κ1) is 18.1. The van der Waals surface area contributed by atoms with E-state index in [0.717, 1.165) is 6.54 Å². The average Bonchev–Trinajstić information content (AvgIpc) is 2.56. The van der Waals surface area contributed by atoms with E-state index in [1.807, 2.05) is 0 Å². The fourth-order valence-corrected chi connectivity index (χ4v) is 1.94. The topological polar surface area (TPSA) is 78.1 Å². The minimum absolute atomic E-state index is 0.230. The van der Waals surface area contributed by atoms with Gasteiger partial charge in [-0.05, 0) is 12.1 Å². The lowest BCUT2D eigenvalue weighted by atomic mass is 10.1. The van der Waals surface area contributed by atoms with Gasteiger partial charge in [0.05, 0.1) is 33.5 Å². The number of carbonyl (C=O) groups excluding carboxylic acids is 1. The minimum atomic E-state index is -0.230. The molecular formula is C15H24N2O5. The van der Waals surface area contributed by atoms with Crippen molar-refractivity contribution < 1.29 is 23.7 Å². The van der Waals surface area contributed by atoms with Gasteiger partial charge in [-0.1, -0.05) is 0 Å². The van der Waals surface area contributed by atoms with Gasteiger partial charge in [0.15, 0.2) is 11.5 Å². The Balaban J connectivity index is 2.69. The van der Waals surface area contributed by atoms with Crippen LogP contribution in [0.15, 0.2) is 12.1 Å². The van der Waals surface area contributed by atoms with E-state index in [1.165, 1.54) is 21.3 Å². The molecule has 22 heavy (non-hydrogen) atoms. The molecule has 0 fully saturated rings. The molecule has 0 aromatic heterocycles. The number of hydrogen-bond acceptors (Lipinski definition) is 6. The van der Waals surface area contributed by atoms with Gasteiger partial charge in [0.2, 0.25) is 5.75 Å². The smallest absolute Gasteiger partial charge is 0.255 e. The summed E-state index contributed by atoms with van der Waals surface area (Å²) in [6.45, 7) is 2.54. The molecule has 0 bridgehead atoms. The van der Waals surface area contributed by atoms with Crippen molar-refractivity contribution in [2.24, 2.45) is 0 Å². The summed E-state index contributed by atoms with van der Waals surface area (Å²) in [4.78, 5) is 12.2. The van der Waals surface area contributed by atoms with E-state index in [2.05, 4.69) is 10.6 Å². The Morgan fingerprint density at radius 1 is 0.955 bits per heavy atom. The fraction of sp³-hybridized carbons (Fsp3) is 0.533. The Morgan fingerprint density at radius 2 is 1.68 bits per heavy atom. The van der Waals surface area contributed by atoms with Crippen LogP contribution in [-0.2, 0) is 4.74 Å². The molecule has 0 saturated heterocycles. The molecular weight excluding hydrogens is 288 g/mol. The third-order valence-electron chi connectivity index (χ3n) is 3.02. The van der Waals surface area contributed by atoms with Crippen LogP contribution < -0.4 is 24.8 Å². The SMILES string of the molecule is COCCNCCNC(=O)c1ccc(OC)c(OC)c1OC. The third kappa shape index (κ3) is 4.78. The van der Waals surface area contributed by atoms with Crippen molar-refractivity contribution in [3.63, 3.8) is 0 Å². The Bertz CT molecular complexity index is 479. The lowest BCUT2D eigenvalue weighted by Gasteiger charge is -2.15. The highest BCUT2D eigenvalue weighted by molar-refractivity contribution is 5.98. The number of methoxy groups -OCH3 is 4. The predicted octanol–water partition coefficient (Wildman–Crippen LogP) is 0.678. The maximum atomic E-state index is 12.2. The van der Waals surface area contributed by atoms with Gasteiger partial charge in [0.1, 0.15) is 0 Å². The quantitative estimate of drug-likeness (QED) is 0.619. The Hall–Kier alpha value is -1.99. The van der Waals surface area contributed by atoms with Crippen molar-refractivity contribution in [1.29, 1.82) is 0 Å². The van der Waals surface area contributed by atoms with Crippen LogP contribution in [0.1, 0.15) is 10.4 Å². The average molecular weight is 312 g/mol. The normalized spacial score (nSPS) is 10.2. The molecule has 0 atom stereocenters. The van der Waals surface area contributed by atoms with Crippen molar-refractivity contribution in [3.8, 4) is 17.2 Å². The van der Waals surface area contributed by atoms with Crippen LogP contribution in [0, 0.1) is 0 Å². The maximum Gasteiger partial charge on any atom is 0.255 e. The zero-order valence-electron chi connectivity index (χ0n) is 13.5. The van der Waals surface area contributed by atoms with Gasteiger partial charge in [-0.25, -0.2) is 0 Å². The van der Waals surface area contributed by atoms with E-state index in [-0.39, 0.29) is 5.91 Å². The summed E-state index contributed by atoms with van der Waals surface area (Å²) in [5, 5.41) is 5.97. The highest BCUT2D eigenvalue weighted by atomic mass is 16.5. The number of nitrogens with one attached hydrogen (secondary N) is 2. The monoisotopic (exact) mass is 312 g/mol. The third-order valence-corrected chi connectivity index (χ3v) is 3.02. The van der Waals surface area contributed by atoms with E-state index < -0.39 is 0 Å². The second-order valence-corrected chi connectivity index (χ2v) is 4.38. The first-order valence-electron chi connectivity index (χ1n) is 6.96. The van der Waals surface area contributed by atoms with Crippen LogP contribution >= 0.6 is 0 Å². The molecule has 1 aromatic carbocycles. The Labute approximate surface area is 130 Å². The largest absolute Gasteiger partial charge is 0.493 e. The predicted molar refractivity (Wildman–Crippen MR) is 83.2 cm³/mol. The Kier molecular flexibility index (Phi) is 8.09. The summed E-state index contributed by atoms with van der Waals surface area (Å²) in [6, 6.07) is 3.32. The molecule has 7 nitrogen and oxygen atoms in total. The molecule has 1 aromatic rings. The molecule has 2 N–H and O–H groups in total. The van der Waals surface area contributed by atoms with Gasteiger partial charge in [-0.2, -0.15) is 0 Å². The number of benzene rings is 1. The number of hydrogen-bond donors (Lipinski definition) is 2. The summed E-state index contributed by atoms with van der Waals surface area (Å²) in [5.41, 5.74) is 0.400. The summed E-state index contributed by atoms with van der Waals surface area (Å²) in [7, 11) is 6.16. The molecule has 1 rings (SSSR count). The van der Waals surface area contributed by atoms with Gasteiger partial charge in [0, 0.05) is 26.7 Å². The van der Waals surface area contributed by atoms with Crippen LogP contribution in [0.3, 0.4) is 0 Å². The van der Waals surface area contributed by atoms with E-state index in [1.54, 1.807) is 19.2 Å². The van der Waals surface area contributed by atoms with Crippen LogP contribution in [-0.4, -0.2) is 60.6 Å². The highest BCUT2D eigenvalue weighted by Crippen LogP contribution is 2.39. The van der Waals surface area contributed by atoms with Gasteiger partial charge in [0.25, 0.3) is 5.91 Å². The number of ether oxygens (including phenoxy) is 4. The van der Waals surface area contributed by atoms with Crippen molar-refractivity contribution >= 4 is 5.91 Å². The van der Waals surface area contributed by atoms with Crippen molar-refractivity contribution in [2.75, 3.05) is 54.7 Å². The van der Waals surface area contributed by atoms with Crippen molar-refractivity contribution in [3.05, 3.63) is 17.7 Å². The molecule has 0 spiro atoms. The van der Waals surface area contributed by atoms with Gasteiger partial charge >= 0.3 is 0 Å². The first-order chi connectivity index (χ1) is 10.7. The van der Waals surface area contributed by atoms with E-state index in [0.29, 0.717) is 42.5 Å². The molecule has 1 amide bonds. The van der Waals surface area contributed by atoms with Gasteiger partial charge in [-0.15, -0.1) is 0 Å². The molecule has 0 aliphatic heterocycles. The van der Waals surface area contributed by atoms with Gasteiger partial charge < -0.3 is 29.6 Å². The van der Waals surface area contributed by atoms with Crippen molar-refractivity contribution in [2.45, 2.75) is 0 Å². The molecule has 124 valence electrons. The molecule has 0 radical (unpaired) electrons. The second-order valence-electron chi connectivity index (χ2n) is 4.38. The molecule has 7 heteroatoms. The summed E-state index contributed by atoms with van der Waals surface area (Å²) in [6.07, 6.45) is 0. The maximum absolute atomic E-state index is 12.2. The van der Waals surface area contributed by atoms with Gasteiger partial charge in [-0.3, -0.25) is 4.79 Å². The van der Waals surface area contributed by atoms with Crippen LogP contribution in [0.25, 0.3) is 0 Å². The lowest BCUT2D eigenvalue weighted by molar-refractivity contribution is 0.0950. The Morgan fingerprint density at radius 3 is 2.27 bits per heavy atom. The highest BCUT2D eigenvalue weighted by Gasteiger charge is 2.20. The molecule has 0 heterocycles. The summed E-state index contributed by atoms with van der Waals surface area (Å²) < 4.78 is 20.7. The number of rotatable bonds is 10. The molecule has 0 saturated carbocycles. The van der Waals surface area contributed by atoms with Crippen LogP contribution in [0.5, 0.6) is 17.2 Å². The fourth-order valence-electron chi connectivity index (χ4n) is 1.94. The van der Waals surface area contributed by atoms with E-state index in [4.69, 9.17) is 18.9 Å². The van der Waals surface area contributed by atoms with Crippen LogP contribution in [0.2, 0.25) is 0 Å². The summed E-state index contributed by atoms with van der Waals surface area (Å²) >= 11 is 0. The second kappa shape index (κ2) is 9.86. The van der Waals surface area contributed by atoms with Crippen LogP contribution in [0.4, 0.5) is 0 Å². The van der Waals surface area contributed by atoms with E-state index >= 15 is 0 Å². The molecule has 0 aliphatic rings. The van der Waals surface area contributed by atoms with E-state index in [9.17, 15) is 4.79 Å². The standard InChI is InChI=1S/C15H24N2O5/c1-19-10-9-16-7-8-17-15(18)11-5-6-12(20-2)14(22-4)13(11)21-3/h5-6,16H,7-10H2,1-4H3,(H,17,18). The number of amides is 1. The lowest BCUT2D eigenvalue weighted by Crippen LogP contribution is -2.33. The zero-order valence-corrected chi connectivity index (χ0v) is 13.5. The minimum Gasteiger partial charge on any atom is -0.493 e. The van der Waals surface area contributed by atoms with Crippen molar-refractivity contribution in [1.82, 2.24) is 10.6 Å². The summed E-state index contributed by atoms with van der Waals surface area (Å²) in [5.74, 6) is 1.03. The molecule has 0 aliphatic carbocycles. The first-order valence-corrected chi connectivity index (χ1v) is 6.96. The zero-order chi connectivity index (χ0) is 16.4.